The van der Waals surface area contributed by atoms with Crippen LogP contribution in [0.2, 0.25) is 0 Å². The number of thioether (sulfide) groups is 1. The number of ether oxygens (including phenoxy) is 1. The summed E-state index contributed by atoms with van der Waals surface area (Å²) in [5, 5.41) is 4.74. The fourth-order valence-corrected chi connectivity index (χ4v) is 3.70. The van der Waals surface area contributed by atoms with E-state index in [-0.39, 0.29) is 6.04 Å². The van der Waals surface area contributed by atoms with Crippen LogP contribution >= 0.6 is 11.8 Å². The van der Waals surface area contributed by atoms with Crippen molar-refractivity contribution in [1.29, 1.82) is 0 Å². The number of hydrogen-bond acceptors (Lipinski definition) is 4. The Balaban J connectivity index is 1.83. The van der Waals surface area contributed by atoms with Crippen LogP contribution in [0.5, 0.6) is 5.75 Å². The van der Waals surface area contributed by atoms with Gasteiger partial charge in [0.1, 0.15) is 5.76 Å². The van der Waals surface area contributed by atoms with E-state index < -0.39 is 0 Å². The summed E-state index contributed by atoms with van der Waals surface area (Å²) in [5.41, 5.74) is 0.842. The minimum atomic E-state index is 0.237. The van der Waals surface area contributed by atoms with Crippen LogP contribution in [0.15, 0.2) is 28.7 Å². The molecule has 4 heteroatoms. The third-order valence-electron chi connectivity index (χ3n) is 3.59. The molecular weight excluding hydrogens is 258 g/mol. The maximum absolute atomic E-state index is 5.97. The summed E-state index contributed by atoms with van der Waals surface area (Å²) >= 11 is 2.02. The fourth-order valence-electron chi connectivity index (χ4n) is 2.53. The van der Waals surface area contributed by atoms with E-state index in [4.69, 9.17) is 9.15 Å². The van der Waals surface area contributed by atoms with Gasteiger partial charge in [0.05, 0.1) is 13.2 Å². The van der Waals surface area contributed by atoms with Crippen molar-refractivity contribution in [3.8, 4) is 5.75 Å². The first-order valence-corrected chi connectivity index (χ1v) is 7.83. The lowest BCUT2D eigenvalue weighted by molar-refractivity contribution is 0.391. The number of methoxy groups -OCH3 is 1. The molecule has 0 bridgehead atoms. The lowest BCUT2D eigenvalue weighted by atomic mass is 10.1. The Labute approximate surface area is 117 Å². The van der Waals surface area contributed by atoms with Crippen molar-refractivity contribution in [2.75, 3.05) is 18.6 Å². The molecule has 1 aliphatic rings. The summed E-state index contributed by atoms with van der Waals surface area (Å²) in [6, 6.07) is 8.93. The van der Waals surface area contributed by atoms with Gasteiger partial charge in [-0.3, -0.25) is 0 Å². The van der Waals surface area contributed by atoms with Gasteiger partial charge in [0.2, 0.25) is 0 Å². The molecule has 19 heavy (non-hydrogen) atoms. The fraction of sp³-hybridized carbons (Fsp3) is 0.467. The summed E-state index contributed by atoms with van der Waals surface area (Å²) in [6.45, 7) is 2.16. The van der Waals surface area contributed by atoms with Crippen molar-refractivity contribution in [2.45, 2.75) is 25.4 Å². The minimum absolute atomic E-state index is 0.237. The molecule has 1 fully saturated rings. The van der Waals surface area contributed by atoms with Gasteiger partial charge in [0, 0.05) is 17.2 Å². The Bertz CT molecular complexity index is 560. The number of para-hydroxylation sites is 1. The molecule has 1 N–H and O–H groups in total. The van der Waals surface area contributed by atoms with Gasteiger partial charge >= 0.3 is 0 Å². The number of fused-ring (bicyclic) bond motifs is 1. The molecule has 0 aliphatic carbocycles. The standard InChI is InChI=1S/C15H19NO2S/c1-10(16-12-6-7-19-9-12)14-8-11-4-3-5-13(17-2)15(11)18-14/h3-5,8,10,12,16H,6-7,9H2,1-2H3. The van der Waals surface area contributed by atoms with Crippen molar-refractivity contribution in [1.82, 2.24) is 5.32 Å². The molecule has 1 aromatic heterocycles. The SMILES string of the molecule is COc1cccc2cc(C(C)NC3CCSC3)oc12. The van der Waals surface area contributed by atoms with Crippen molar-refractivity contribution in [3.63, 3.8) is 0 Å². The second-order valence-electron chi connectivity index (χ2n) is 4.98. The Kier molecular flexibility index (Phi) is 3.71. The predicted molar refractivity (Wildman–Crippen MR) is 80.0 cm³/mol. The molecule has 0 radical (unpaired) electrons. The molecule has 2 aromatic rings. The van der Waals surface area contributed by atoms with Crippen LogP contribution in [-0.2, 0) is 0 Å². The highest BCUT2D eigenvalue weighted by molar-refractivity contribution is 7.99. The highest BCUT2D eigenvalue weighted by atomic mass is 32.2. The number of hydrogen-bond donors (Lipinski definition) is 1. The molecular formula is C15H19NO2S. The molecule has 102 valence electrons. The zero-order valence-electron chi connectivity index (χ0n) is 11.3. The highest BCUT2D eigenvalue weighted by Gasteiger charge is 2.20. The molecule has 0 spiro atoms. The van der Waals surface area contributed by atoms with E-state index in [2.05, 4.69) is 24.4 Å². The number of benzene rings is 1. The van der Waals surface area contributed by atoms with E-state index in [1.165, 1.54) is 17.9 Å². The summed E-state index contributed by atoms with van der Waals surface area (Å²) < 4.78 is 11.3. The Morgan fingerprint density at radius 2 is 2.37 bits per heavy atom. The summed E-state index contributed by atoms with van der Waals surface area (Å²) in [6.07, 6.45) is 1.25. The van der Waals surface area contributed by atoms with Crippen LogP contribution in [0.3, 0.4) is 0 Å². The first-order valence-electron chi connectivity index (χ1n) is 6.68. The number of nitrogens with one attached hydrogen (secondary N) is 1. The summed E-state index contributed by atoms with van der Waals surface area (Å²) in [7, 11) is 1.67. The Morgan fingerprint density at radius 3 is 3.11 bits per heavy atom. The molecule has 2 unspecified atom stereocenters. The van der Waals surface area contributed by atoms with E-state index in [1.807, 2.05) is 23.9 Å². The Morgan fingerprint density at radius 1 is 1.47 bits per heavy atom. The van der Waals surface area contributed by atoms with Crippen molar-refractivity contribution >= 4 is 22.7 Å². The molecule has 0 saturated carbocycles. The zero-order chi connectivity index (χ0) is 13.2. The van der Waals surface area contributed by atoms with E-state index in [0.717, 1.165) is 22.5 Å². The summed E-state index contributed by atoms with van der Waals surface area (Å²) in [5.74, 6) is 4.25. The normalized spacial score (nSPS) is 20.8. The second-order valence-corrected chi connectivity index (χ2v) is 6.13. The van der Waals surface area contributed by atoms with Crippen LogP contribution in [0.25, 0.3) is 11.0 Å². The van der Waals surface area contributed by atoms with E-state index in [9.17, 15) is 0 Å². The van der Waals surface area contributed by atoms with Gasteiger partial charge in [-0.2, -0.15) is 11.8 Å². The van der Waals surface area contributed by atoms with Gasteiger partial charge < -0.3 is 14.5 Å². The van der Waals surface area contributed by atoms with Gasteiger partial charge in [-0.05, 0) is 31.2 Å². The van der Waals surface area contributed by atoms with Gasteiger partial charge in [-0.1, -0.05) is 12.1 Å². The molecule has 1 saturated heterocycles. The number of furan rings is 1. The predicted octanol–water partition coefficient (Wildman–Crippen LogP) is 3.60. The van der Waals surface area contributed by atoms with Gasteiger partial charge in [-0.15, -0.1) is 0 Å². The monoisotopic (exact) mass is 277 g/mol. The maximum Gasteiger partial charge on any atom is 0.176 e. The van der Waals surface area contributed by atoms with E-state index >= 15 is 0 Å². The third-order valence-corrected chi connectivity index (χ3v) is 4.75. The second kappa shape index (κ2) is 5.47. The van der Waals surface area contributed by atoms with Gasteiger partial charge in [-0.25, -0.2) is 0 Å². The average Bonchev–Trinajstić information content (AvgIpc) is 3.06. The van der Waals surface area contributed by atoms with Crippen molar-refractivity contribution in [3.05, 3.63) is 30.0 Å². The maximum atomic E-state index is 5.97. The topological polar surface area (TPSA) is 34.4 Å². The van der Waals surface area contributed by atoms with E-state index in [1.54, 1.807) is 7.11 Å². The molecule has 3 nitrogen and oxygen atoms in total. The van der Waals surface area contributed by atoms with Crippen LogP contribution in [0.4, 0.5) is 0 Å². The molecule has 3 rings (SSSR count). The molecule has 0 amide bonds. The number of rotatable bonds is 4. The molecule has 1 aliphatic heterocycles. The largest absolute Gasteiger partial charge is 0.493 e. The summed E-state index contributed by atoms with van der Waals surface area (Å²) in [4.78, 5) is 0. The van der Waals surface area contributed by atoms with Crippen LogP contribution in [0, 0.1) is 0 Å². The average molecular weight is 277 g/mol. The first kappa shape index (κ1) is 12.9. The Hall–Kier alpha value is -1.13. The van der Waals surface area contributed by atoms with E-state index in [0.29, 0.717) is 6.04 Å². The lowest BCUT2D eigenvalue weighted by Crippen LogP contribution is -2.30. The van der Waals surface area contributed by atoms with Gasteiger partial charge in [0.25, 0.3) is 0 Å². The zero-order valence-corrected chi connectivity index (χ0v) is 12.1. The lowest BCUT2D eigenvalue weighted by Gasteiger charge is -2.16. The van der Waals surface area contributed by atoms with Crippen LogP contribution in [-0.4, -0.2) is 24.7 Å². The quantitative estimate of drug-likeness (QED) is 0.926. The van der Waals surface area contributed by atoms with Crippen LogP contribution < -0.4 is 10.1 Å². The highest BCUT2D eigenvalue weighted by Crippen LogP contribution is 2.31. The smallest absolute Gasteiger partial charge is 0.176 e. The van der Waals surface area contributed by atoms with Gasteiger partial charge in [0.15, 0.2) is 11.3 Å². The molecule has 2 heterocycles. The van der Waals surface area contributed by atoms with Crippen LogP contribution in [0.1, 0.15) is 25.1 Å². The third kappa shape index (κ3) is 2.60. The molecule has 1 aromatic carbocycles. The first-order chi connectivity index (χ1) is 9.28. The van der Waals surface area contributed by atoms with Crippen molar-refractivity contribution in [2.24, 2.45) is 0 Å². The molecule has 2 atom stereocenters. The van der Waals surface area contributed by atoms with Crippen molar-refractivity contribution < 1.29 is 9.15 Å². The minimum Gasteiger partial charge on any atom is -0.493 e.